The van der Waals surface area contributed by atoms with Crippen molar-refractivity contribution in [3.05, 3.63) is 53.3 Å². The third-order valence-electron chi connectivity index (χ3n) is 3.98. The molecule has 0 bridgehead atoms. The van der Waals surface area contributed by atoms with E-state index in [1.54, 1.807) is 37.1 Å². The fourth-order valence-corrected chi connectivity index (χ4v) is 2.48. The molecule has 0 unspecified atom stereocenters. The Balaban J connectivity index is 1.94. The summed E-state index contributed by atoms with van der Waals surface area (Å²) in [6.07, 6.45) is 0. The number of likely N-dealkylation sites (N-methyl/N-ethyl adjacent to an activating group) is 1. The van der Waals surface area contributed by atoms with Gasteiger partial charge < -0.3 is 15.4 Å². The first kappa shape index (κ1) is 20.7. The molecule has 2 N–H and O–H groups in total. The highest BCUT2D eigenvalue weighted by Gasteiger charge is 2.21. The number of methoxy groups -OCH3 is 1. The van der Waals surface area contributed by atoms with E-state index in [9.17, 15) is 14.0 Å². The lowest BCUT2D eigenvalue weighted by Gasteiger charge is -2.23. The number of rotatable bonds is 7. The summed E-state index contributed by atoms with van der Waals surface area (Å²) in [5.74, 6) is -0.528. The molecule has 0 saturated carbocycles. The normalized spacial score (nSPS) is 11.8. The van der Waals surface area contributed by atoms with Gasteiger partial charge in [-0.3, -0.25) is 14.5 Å². The Bertz CT molecular complexity index is 814. The van der Waals surface area contributed by atoms with Crippen LogP contribution in [0.1, 0.15) is 6.92 Å². The Morgan fingerprint density at radius 3 is 2.48 bits per heavy atom. The maximum Gasteiger partial charge on any atom is 0.241 e. The monoisotopic (exact) mass is 393 g/mol. The molecule has 2 aromatic carbocycles. The minimum absolute atomic E-state index is 0.0152. The van der Waals surface area contributed by atoms with Gasteiger partial charge in [-0.05, 0) is 56.4 Å². The topological polar surface area (TPSA) is 70.7 Å². The van der Waals surface area contributed by atoms with Crippen molar-refractivity contribution >= 4 is 34.8 Å². The minimum Gasteiger partial charge on any atom is -0.495 e. The first-order chi connectivity index (χ1) is 12.8. The number of hydrogen-bond acceptors (Lipinski definition) is 4. The molecule has 0 spiro atoms. The Morgan fingerprint density at radius 2 is 1.85 bits per heavy atom. The molecule has 0 aliphatic carbocycles. The van der Waals surface area contributed by atoms with Gasteiger partial charge in [-0.25, -0.2) is 4.39 Å². The van der Waals surface area contributed by atoms with Crippen LogP contribution in [-0.4, -0.2) is 43.5 Å². The van der Waals surface area contributed by atoms with Crippen LogP contribution in [0.5, 0.6) is 5.75 Å². The van der Waals surface area contributed by atoms with Crippen LogP contribution in [0.3, 0.4) is 0 Å². The van der Waals surface area contributed by atoms with Crippen LogP contribution in [0.4, 0.5) is 15.8 Å². The van der Waals surface area contributed by atoms with E-state index in [1.165, 1.54) is 31.4 Å². The molecule has 0 aliphatic heterocycles. The van der Waals surface area contributed by atoms with Crippen LogP contribution >= 0.6 is 11.6 Å². The Morgan fingerprint density at radius 1 is 1.19 bits per heavy atom. The fourth-order valence-electron chi connectivity index (χ4n) is 2.31. The zero-order valence-corrected chi connectivity index (χ0v) is 16.0. The lowest BCUT2D eigenvalue weighted by molar-refractivity contribution is -0.122. The lowest BCUT2D eigenvalue weighted by atomic mass is 10.2. The summed E-state index contributed by atoms with van der Waals surface area (Å²) in [5, 5.41) is 5.87. The number of carbonyl (C=O) groups excluding carboxylic acids is 2. The second-order valence-corrected chi connectivity index (χ2v) is 6.42. The van der Waals surface area contributed by atoms with Crippen molar-refractivity contribution in [2.24, 2.45) is 0 Å². The summed E-state index contributed by atoms with van der Waals surface area (Å²) in [4.78, 5) is 26.2. The van der Waals surface area contributed by atoms with E-state index >= 15 is 0 Å². The molecule has 0 saturated heterocycles. The molecule has 0 aliphatic rings. The molecular formula is C19H21ClFN3O3. The highest BCUT2D eigenvalue weighted by atomic mass is 35.5. The van der Waals surface area contributed by atoms with Gasteiger partial charge in [0, 0.05) is 10.7 Å². The van der Waals surface area contributed by atoms with Crippen molar-refractivity contribution in [1.82, 2.24) is 4.90 Å². The van der Waals surface area contributed by atoms with Crippen LogP contribution in [0.15, 0.2) is 42.5 Å². The van der Waals surface area contributed by atoms with Gasteiger partial charge in [-0.2, -0.15) is 0 Å². The molecule has 144 valence electrons. The fraction of sp³-hybridized carbons (Fsp3) is 0.263. The van der Waals surface area contributed by atoms with Crippen LogP contribution in [0, 0.1) is 5.82 Å². The zero-order valence-electron chi connectivity index (χ0n) is 15.3. The second kappa shape index (κ2) is 9.34. The van der Waals surface area contributed by atoms with Gasteiger partial charge >= 0.3 is 0 Å². The van der Waals surface area contributed by atoms with E-state index in [1.807, 2.05) is 0 Å². The van der Waals surface area contributed by atoms with E-state index in [-0.39, 0.29) is 24.2 Å². The van der Waals surface area contributed by atoms with Gasteiger partial charge in [-0.1, -0.05) is 11.6 Å². The van der Waals surface area contributed by atoms with E-state index in [0.717, 1.165) is 0 Å². The van der Waals surface area contributed by atoms with Crippen molar-refractivity contribution < 1.29 is 18.7 Å². The van der Waals surface area contributed by atoms with E-state index in [2.05, 4.69) is 10.6 Å². The first-order valence-electron chi connectivity index (χ1n) is 8.20. The van der Waals surface area contributed by atoms with Gasteiger partial charge in [0.05, 0.1) is 25.4 Å². The predicted molar refractivity (Wildman–Crippen MR) is 104 cm³/mol. The molecule has 2 amide bonds. The van der Waals surface area contributed by atoms with Crippen molar-refractivity contribution in [3.8, 4) is 5.75 Å². The number of nitrogens with zero attached hydrogens (tertiary/aromatic N) is 1. The maximum atomic E-state index is 12.9. The van der Waals surface area contributed by atoms with Gasteiger partial charge in [0.15, 0.2) is 0 Å². The number of ether oxygens (including phenoxy) is 1. The van der Waals surface area contributed by atoms with Crippen LogP contribution in [0.25, 0.3) is 0 Å². The molecule has 2 rings (SSSR count). The Hall–Kier alpha value is -2.64. The quantitative estimate of drug-likeness (QED) is 0.756. The first-order valence-corrected chi connectivity index (χ1v) is 8.58. The number of carbonyl (C=O) groups is 2. The molecule has 6 nitrogen and oxygen atoms in total. The van der Waals surface area contributed by atoms with Crippen molar-refractivity contribution in [2.75, 3.05) is 31.3 Å². The van der Waals surface area contributed by atoms with Gasteiger partial charge in [0.25, 0.3) is 0 Å². The van der Waals surface area contributed by atoms with Gasteiger partial charge in [-0.15, -0.1) is 0 Å². The van der Waals surface area contributed by atoms with E-state index in [0.29, 0.717) is 22.1 Å². The van der Waals surface area contributed by atoms with Crippen LogP contribution in [0.2, 0.25) is 5.02 Å². The summed E-state index contributed by atoms with van der Waals surface area (Å²) in [6, 6.07) is 9.76. The summed E-state index contributed by atoms with van der Waals surface area (Å²) < 4.78 is 18.1. The predicted octanol–water partition coefficient (Wildman–Crippen LogP) is 3.39. The van der Waals surface area contributed by atoms with E-state index in [4.69, 9.17) is 16.3 Å². The third-order valence-corrected chi connectivity index (χ3v) is 4.22. The summed E-state index contributed by atoms with van der Waals surface area (Å²) in [5.41, 5.74) is 0.932. The summed E-state index contributed by atoms with van der Waals surface area (Å²) >= 11 is 5.96. The molecule has 0 aromatic heterocycles. The SMILES string of the molecule is COc1ccc(Cl)cc1NC(=O)[C@@H](C)N(C)CC(=O)Nc1ccc(F)cc1. The highest BCUT2D eigenvalue weighted by molar-refractivity contribution is 6.31. The smallest absolute Gasteiger partial charge is 0.241 e. The lowest BCUT2D eigenvalue weighted by Crippen LogP contribution is -2.43. The molecule has 8 heteroatoms. The van der Waals surface area contributed by atoms with Crippen LogP contribution in [-0.2, 0) is 9.59 Å². The molecule has 0 radical (unpaired) electrons. The number of hydrogen-bond donors (Lipinski definition) is 2. The zero-order chi connectivity index (χ0) is 20.0. The minimum atomic E-state index is -0.590. The number of benzene rings is 2. The molecule has 0 fully saturated rings. The average Bonchev–Trinajstić information content (AvgIpc) is 2.63. The van der Waals surface area contributed by atoms with Crippen LogP contribution < -0.4 is 15.4 Å². The van der Waals surface area contributed by atoms with Crippen molar-refractivity contribution in [1.29, 1.82) is 0 Å². The molecular weight excluding hydrogens is 373 g/mol. The maximum absolute atomic E-state index is 12.9. The van der Waals surface area contributed by atoms with Gasteiger partial charge in [0.1, 0.15) is 11.6 Å². The molecule has 2 aromatic rings. The Labute approximate surface area is 162 Å². The van der Waals surface area contributed by atoms with Crippen molar-refractivity contribution in [3.63, 3.8) is 0 Å². The van der Waals surface area contributed by atoms with Gasteiger partial charge in [0.2, 0.25) is 11.8 Å². The largest absolute Gasteiger partial charge is 0.495 e. The standard InChI is InChI=1S/C19H21ClFN3O3/c1-12(19(26)23-16-10-13(20)4-9-17(16)27-3)24(2)11-18(25)22-15-7-5-14(21)6-8-15/h4-10,12H,11H2,1-3H3,(H,22,25)(H,23,26)/t12-/m1/s1. The second-order valence-electron chi connectivity index (χ2n) is 5.98. The molecule has 27 heavy (non-hydrogen) atoms. The van der Waals surface area contributed by atoms with Crippen molar-refractivity contribution in [2.45, 2.75) is 13.0 Å². The van der Waals surface area contributed by atoms with E-state index < -0.39 is 6.04 Å². The average molecular weight is 394 g/mol. The summed E-state index contributed by atoms with van der Waals surface area (Å²) in [6.45, 7) is 1.66. The number of anilines is 2. The molecule has 1 atom stereocenters. The number of amides is 2. The Kier molecular flexibility index (Phi) is 7.15. The number of nitrogens with one attached hydrogen (secondary N) is 2. The third kappa shape index (κ3) is 5.94. The molecule has 0 heterocycles. The number of halogens is 2. The summed E-state index contributed by atoms with van der Waals surface area (Å²) in [7, 11) is 3.15. The highest BCUT2D eigenvalue weighted by Crippen LogP contribution is 2.27.